The summed E-state index contributed by atoms with van der Waals surface area (Å²) < 4.78 is 0.803. The van der Waals surface area contributed by atoms with E-state index in [0.717, 1.165) is 26.6 Å². The summed E-state index contributed by atoms with van der Waals surface area (Å²) in [6.45, 7) is 1.99. The van der Waals surface area contributed by atoms with Gasteiger partial charge in [0.15, 0.2) is 0 Å². The highest BCUT2D eigenvalue weighted by atomic mass is 79.9. The van der Waals surface area contributed by atoms with E-state index in [1.165, 1.54) is 0 Å². The van der Waals surface area contributed by atoms with Crippen molar-refractivity contribution in [1.29, 1.82) is 0 Å². The van der Waals surface area contributed by atoms with Crippen LogP contribution in [0.15, 0.2) is 53.1 Å². The first-order chi connectivity index (χ1) is 9.63. The Morgan fingerprint density at radius 2 is 2.00 bits per heavy atom. The first kappa shape index (κ1) is 12.9. The van der Waals surface area contributed by atoms with Gasteiger partial charge in [0.1, 0.15) is 0 Å². The second-order valence-corrected chi connectivity index (χ2v) is 5.57. The van der Waals surface area contributed by atoms with Gasteiger partial charge < -0.3 is 10.3 Å². The standard InChI is InChI=1S/C16H13BrN2O/c1-10-2-4-13(14(17)8-10)16(20)19-12-3-5-15-11(9-12)6-7-18-15/h2-9,18H,1H3,(H,19,20). The predicted molar refractivity (Wildman–Crippen MR) is 85.1 cm³/mol. The van der Waals surface area contributed by atoms with E-state index in [-0.39, 0.29) is 5.91 Å². The summed E-state index contributed by atoms with van der Waals surface area (Å²) in [7, 11) is 0. The summed E-state index contributed by atoms with van der Waals surface area (Å²) in [6, 6.07) is 13.5. The molecule has 1 aromatic heterocycles. The maximum Gasteiger partial charge on any atom is 0.256 e. The number of benzene rings is 2. The Labute approximate surface area is 125 Å². The molecule has 0 aliphatic carbocycles. The fourth-order valence-corrected chi connectivity index (χ4v) is 2.81. The molecule has 0 aliphatic rings. The number of nitrogens with one attached hydrogen (secondary N) is 2. The van der Waals surface area contributed by atoms with E-state index < -0.39 is 0 Å². The lowest BCUT2D eigenvalue weighted by Crippen LogP contribution is -2.12. The minimum Gasteiger partial charge on any atom is -0.361 e. The van der Waals surface area contributed by atoms with Crippen molar-refractivity contribution in [1.82, 2.24) is 4.98 Å². The van der Waals surface area contributed by atoms with Crippen LogP contribution in [0.4, 0.5) is 5.69 Å². The van der Waals surface area contributed by atoms with Crippen molar-refractivity contribution >= 4 is 38.4 Å². The first-order valence-electron chi connectivity index (χ1n) is 6.28. The molecule has 100 valence electrons. The maximum absolute atomic E-state index is 12.3. The molecule has 20 heavy (non-hydrogen) atoms. The second-order valence-electron chi connectivity index (χ2n) is 4.72. The summed E-state index contributed by atoms with van der Waals surface area (Å²) in [5, 5.41) is 3.99. The Kier molecular flexibility index (Phi) is 3.32. The molecule has 0 spiro atoms. The molecule has 2 N–H and O–H groups in total. The van der Waals surface area contributed by atoms with Crippen LogP contribution in [0.5, 0.6) is 0 Å². The van der Waals surface area contributed by atoms with Gasteiger partial charge in [-0.25, -0.2) is 0 Å². The lowest BCUT2D eigenvalue weighted by molar-refractivity contribution is 0.102. The summed E-state index contributed by atoms with van der Waals surface area (Å²) in [5.74, 6) is -0.119. The van der Waals surface area contributed by atoms with Crippen LogP contribution in [0.1, 0.15) is 15.9 Å². The molecule has 0 radical (unpaired) electrons. The molecule has 0 atom stereocenters. The van der Waals surface area contributed by atoms with E-state index in [1.807, 2.05) is 55.6 Å². The number of fused-ring (bicyclic) bond motifs is 1. The number of carbonyl (C=O) groups excluding carboxylic acids is 1. The van der Waals surface area contributed by atoms with Crippen molar-refractivity contribution < 1.29 is 4.79 Å². The normalized spacial score (nSPS) is 10.7. The highest BCUT2D eigenvalue weighted by molar-refractivity contribution is 9.10. The molecular weight excluding hydrogens is 316 g/mol. The molecule has 1 heterocycles. The molecule has 0 fully saturated rings. The Bertz CT molecular complexity index is 792. The van der Waals surface area contributed by atoms with Crippen molar-refractivity contribution in [3.8, 4) is 0 Å². The predicted octanol–water partition coefficient (Wildman–Crippen LogP) is 4.49. The number of hydrogen-bond donors (Lipinski definition) is 2. The highest BCUT2D eigenvalue weighted by Crippen LogP contribution is 2.22. The van der Waals surface area contributed by atoms with Crippen LogP contribution < -0.4 is 5.32 Å². The lowest BCUT2D eigenvalue weighted by atomic mass is 10.1. The zero-order valence-corrected chi connectivity index (χ0v) is 12.5. The fraction of sp³-hybridized carbons (Fsp3) is 0.0625. The third-order valence-corrected chi connectivity index (χ3v) is 3.84. The van der Waals surface area contributed by atoms with Gasteiger partial charge in [-0.15, -0.1) is 0 Å². The van der Waals surface area contributed by atoms with Crippen LogP contribution in [0.3, 0.4) is 0 Å². The zero-order chi connectivity index (χ0) is 14.1. The van der Waals surface area contributed by atoms with Gasteiger partial charge in [-0.3, -0.25) is 4.79 Å². The Balaban J connectivity index is 1.87. The molecule has 1 amide bonds. The van der Waals surface area contributed by atoms with Crippen LogP contribution in [-0.4, -0.2) is 10.9 Å². The van der Waals surface area contributed by atoms with E-state index in [2.05, 4.69) is 26.2 Å². The lowest BCUT2D eigenvalue weighted by Gasteiger charge is -2.08. The minimum atomic E-state index is -0.119. The van der Waals surface area contributed by atoms with Gasteiger partial charge in [0, 0.05) is 27.3 Å². The molecule has 0 saturated carbocycles. The number of aryl methyl sites for hydroxylation is 1. The fourth-order valence-electron chi connectivity index (χ4n) is 2.13. The Morgan fingerprint density at radius 3 is 2.80 bits per heavy atom. The molecule has 2 aromatic carbocycles. The van der Waals surface area contributed by atoms with Gasteiger partial charge in [-0.1, -0.05) is 6.07 Å². The van der Waals surface area contributed by atoms with Crippen LogP contribution in [0.25, 0.3) is 10.9 Å². The van der Waals surface area contributed by atoms with Crippen molar-refractivity contribution in [2.75, 3.05) is 5.32 Å². The molecule has 0 unspecified atom stereocenters. The topological polar surface area (TPSA) is 44.9 Å². The van der Waals surface area contributed by atoms with Gasteiger partial charge in [0.25, 0.3) is 5.91 Å². The molecular formula is C16H13BrN2O. The minimum absolute atomic E-state index is 0.119. The van der Waals surface area contributed by atoms with Gasteiger partial charge in [0.2, 0.25) is 0 Å². The number of amides is 1. The number of H-pyrrole nitrogens is 1. The largest absolute Gasteiger partial charge is 0.361 e. The molecule has 0 saturated heterocycles. The first-order valence-corrected chi connectivity index (χ1v) is 7.07. The Morgan fingerprint density at radius 1 is 1.15 bits per heavy atom. The number of halogens is 1. The quantitative estimate of drug-likeness (QED) is 0.715. The van der Waals surface area contributed by atoms with Crippen molar-refractivity contribution in [3.63, 3.8) is 0 Å². The van der Waals surface area contributed by atoms with Crippen LogP contribution in [0, 0.1) is 6.92 Å². The van der Waals surface area contributed by atoms with E-state index in [4.69, 9.17) is 0 Å². The van der Waals surface area contributed by atoms with Crippen molar-refractivity contribution in [2.45, 2.75) is 6.92 Å². The average Bonchev–Trinajstić information content (AvgIpc) is 2.85. The second kappa shape index (κ2) is 5.13. The van der Waals surface area contributed by atoms with E-state index in [1.54, 1.807) is 0 Å². The Hall–Kier alpha value is -2.07. The van der Waals surface area contributed by atoms with E-state index in [9.17, 15) is 4.79 Å². The monoisotopic (exact) mass is 328 g/mol. The van der Waals surface area contributed by atoms with Gasteiger partial charge >= 0.3 is 0 Å². The third kappa shape index (κ3) is 2.47. The summed E-state index contributed by atoms with van der Waals surface area (Å²) >= 11 is 3.43. The smallest absolute Gasteiger partial charge is 0.256 e. The number of carbonyl (C=O) groups is 1. The number of anilines is 1. The number of hydrogen-bond acceptors (Lipinski definition) is 1. The van der Waals surface area contributed by atoms with Crippen LogP contribution >= 0.6 is 15.9 Å². The highest BCUT2D eigenvalue weighted by Gasteiger charge is 2.10. The van der Waals surface area contributed by atoms with Crippen molar-refractivity contribution in [3.05, 3.63) is 64.3 Å². The summed E-state index contributed by atoms with van der Waals surface area (Å²) in [6.07, 6.45) is 1.88. The van der Waals surface area contributed by atoms with E-state index in [0.29, 0.717) is 5.56 Å². The number of rotatable bonds is 2. The molecule has 0 bridgehead atoms. The summed E-state index contributed by atoms with van der Waals surface area (Å²) in [4.78, 5) is 15.4. The van der Waals surface area contributed by atoms with Crippen LogP contribution in [-0.2, 0) is 0 Å². The van der Waals surface area contributed by atoms with Gasteiger partial charge in [-0.05, 0) is 64.8 Å². The SMILES string of the molecule is Cc1ccc(C(=O)Nc2ccc3[nH]ccc3c2)c(Br)c1. The number of aromatic amines is 1. The summed E-state index contributed by atoms with van der Waals surface area (Å²) in [5.41, 5.74) is 3.58. The molecule has 3 nitrogen and oxygen atoms in total. The molecule has 0 aliphatic heterocycles. The van der Waals surface area contributed by atoms with Crippen molar-refractivity contribution in [2.24, 2.45) is 0 Å². The maximum atomic E-state index is 12.3. The van der Waals surface area contributed by atoms with E-state index >= 15 is 0 Å². The van der Waals surface area contributed by atoms with Gasteiger partial charge in [-0.2, -0.15) is 0 Å². The average molecular weight is 329 g/mol. The number of aromatic nitrogens is 1. The third-order valence-electron chi connectivity index (χ3n) is 3.18. The molecule has 4 heteroatoms. The molecule has 3 aromatic rings. The van der Waals surface area contributed by atoms with Crippen LogP contribution in [0.2, 0.25) is 0 Å². The zero-order valence-electron chi connectivity index (χ0n) is 10.9. The molecule has 3 rings (SSSR count). The van der Waals surface area contributed by atoms with Gasteiger partial charge in [0.05, 0.1) is 5.56 Å².